The topological polar surface area (TPSA) is 52.0 Å². The first-order valence-electron chi connectivity index (χ1n) is 6.14. The second-order valence-electron chi connectivity index (χ2n) is 4.75. The molecule has 98 valence electrons. The second-order valence-corrected chi connectivity index (χ2v) is 4.75. The average Bonchev–Trinajstić information content (AvgIpc) is 2.63. The van der Waals surface area contributed by atoms with Crippen LogP contribution in [0.15, 0.2) is 12.3 Å². The first-order chi connectivity index (χ1) is 8.61. The van der Waals surface area contributed by atoms with Gasteiger partial charge >= 0.3 is 0 Å². The highest BCUT2D eigenvalue weighted by atomic mass is 16.5. The van der Waals surface area contributed by atoms with Gasteiger partial charge in [0, 0.05) is 26.1 Å². The molecular formula is C13H20N4O. The summed E-state index contributed by atoms with van der Waals surface area (Å²) >= 11 is 0. The maximum atomic E-state index is 5.12. The Balaban J connectivity index is 2.12. The molecule has 0 aliphatic carbocycles. The molecule has 0 radical (unpaired) electrons. The molecule has 0 aliphatic rings. The van der Waals surface area contributed by atoms with Gasteiger partial charge in [0.1, 0.15) is 0 Å². The van der Waals surface area contributed by atoms with E-state index < -0.39 is 0 Å². The molecule has 18 heavy (non-hydrogen) atoms. The van der Waals surface area contributed by atoms with Crippen molar-refractivity contribution in [3.8, 4) is 0 Å². The van der Waals surface area contributed by atoms with E-state index in [9.17, 15) is 0 Å². The molecule has 5 nitrogen and oxygen atoms in total. The van der Waals surface area contributed by atoms with E-state index in [2.05, 4.69) is 28.4 Å². The third-order valence-corrected chi connectivity index (χ3v) is 2.97. The summed E-state index contributed by atoms with van der Waals surface area (Å²) in [4.78, 5) is 4.43. The van der Waals surface area contributed by atoms with Crippen LogP contribution < -0.4 is 5.32 Å². The van der Waals surface area contributed by atoms with Gasteiger partial charge in [-0.2, -0.15) is 5.10 Å². The number of anilines is 1. The predicted octanol–water partition coefficient (Wildman–Crippen LogP) is 1.97. The largest absolute Gasteiger partial charge is 0.384 e. The SMILES string of the molecule is COCC(C)CNc1cnc2c(c1)c(C)nn2C. The van der Waals surface area contributed by atoms with Crippen molar-refractivity contribution in [2.75, 3.05) is 25.6 Å². The summed E-state index contributed by atoms with van der Waals surface area (Å²) in [5.41, 5.74) is 2.96. The van der Waals surface area contributed by atoms with Gasteiger partial charge < -0.3 is 10.1 Å². The maximum Gasteiger partial charge on any atom is 0.157 e. The van der Waals surface area contributed by atoms with E-state index >= 15 is 0 Å². The van der Waals surface area contributed by atoms with Crippen molar-refractivity contribution < 1.29 is 4.74 Å². The molecule has 1 atom stereocenters. The van der Waals surface area contributed by atoms with E-state index in [1.54, 1.807) is 7.11 Å². The first-order valence-corrected chi connectivity index (χ1v) is 6.14. The zero-order valence-corrected chi connectivity index (χ0v) is 11.4. The van der Waals surface area contributed by atoms with E-state index in [0.717, 1.165) is 35.6 Å². The van der Waals surface area contributed by atoms with Crippen molar-refractivity contribution in [2.24, 2.45) is 13.0 Å². The number of ether oxygens (including phenoxy) is 1. The van der Waals surface area contributed by atoms with Crippen LogP contribution in [0.4, 0.5) is 5.69 Å². The first kappa shape index (κ1) is 12.8. The van der Waals surface area contributed by atoms with Gasteiger partial charge in [0.15, 0.2) is 5.65 Å². The van der Waals surface area contributed by atoms with Crippen LogP contribution in [0.3, 0.4) is 0 Å². The molecule has 0 fully saturated rings. The molecule has 0 amide bonds. The number of fused-ring (bicyclic) bond motifs is 1. The monoisotopic (exact) mass is 248 g/mol. The highest BCUT2D eigenvalue weighted by Crippen LogP contribution is 2.19. The van der Waals surface area contributed by atoms with Crippen LogP contribution in [-0.2, 0) is 11.8 Å². The number of methoxy groups -OCH3 is 1. The summed E-state index contributed by atoms with van der Waals surface area (Å²) in [6, 6.07) is 2.10. The fourth-order valence-electron chi connectivity index (χ4n) is 2.04. The fraction of sp³-hybridized carbons (Fsp3) is 0.538. The third kappa shape index (κ3) is 2.61. The lowest BCUT2D eigenvalue weighted by atomic mass is 10.2. The van der Waals surface area contributed by atoms with Crippen LogP contribution in [0.2, 0.25) is 0 Å². The van der Waals surface area contributed by atoms with Crippen LogP contribution in [0, 0.1) is 12.8 Å². The number of hydrogen-bond acceptors (Lipinski definition) is 4. The van der Waals surface area contributed by atoms with Crippen molar-refractivity contribution in [1.82, 2.24) is 14.8 Å². The van der Waals surface area contributed by atoms with Crippen molar-refractivity contribution in [2.45, 2.75) is 13.8 Å². The summed E-state index contributed by atoms with van der Waals surface area (Å²) in [5.74, 6) is 0.473. The maximum absolute atomic E-state index is 5.12. The lowest BCUT2D eigenvalue weighted by molar-refractivity contribution is 0.164. The number of pyridine rings is 1. The minimum absolute atomic E-state index is 0.473. The highest BCUT2D eigenvalue weighted by molar-refractivity contribution is 5.81. The molecule has 2 heterocycles. The number of hydrogen-bond donors (Lipinski definition) is 1. The molecule has 2 rings (SSSR count). The third-order valence-electron chi connectivity index (χ3n) is 2.97. The Labute approximate surface area is 107 Å². The summed E-state index contributed by atoms with van der Waals surface area (Å²) in [6.45, 7) is 5.79. The molecule has 0 spiro atoms. The minimum Gasteiger partial charge on any atom is -0.384 e. The standard InChI is InChI=1S/C13H20N4O/c1-9(8-18-4)6-14-11-5-12-10(2)16-17(3)13(12)15-7-11/h5,7,9,14H,6,8H2,1-4H3. The van der Waals surface area contributed by atoms with Gasteiger partial charge in [-0.1, -0.05) is 6.92 Å². The Morgan fingerprint density at radius 3 is 3.00 bits per heavy atom. The molecule has 0 aromatic carbocycles. The number of aryl methyl sites for hydroxylation is 2. The van der Waals surface area contributed by atoms with Crippen LogP contribution in [-0.4, -0.2) is 35.0 Å². The molecule has 0 saturated heterocycles. The van der Waals surface area contributed by atoms with E-state index in [4.69, 9.17) is 4.74 Å². The molecule has 0 saturated carbocycles. The van der Waals surface area contributed by atoms with Crippen molar-refractivity contribution in [3.63, 3.8) is 0 Å². The van der Waals surface area contributed by atoms with Gasteiger partial charge in [0.25, 0.3) is 0 Å². The van der Waals surface area contributed by atoms with Crippen LogP contribution >= 0.6 is 0 Å². The smallest absolute Gasteiger partial charge is 0.157 e. The van der Waals surface area contributed by atoms with E-state index in [1.807, 2.05) is 24.9 Å². The molecule has 0 aliphatic heterocycles. The molecule has 1 N–H and O–H groups in total. The van der Waals surface area contributed by atoms with Gasteiger partial charge in [-0.3, -0.25) is 4.68 Å². The predicted molar refractivity (Wildman–Crippen MR) is 72.8 cm³/mol. The fourth-order valence-corrected chi connectivity index (χ4v) is 2.04. The molecule has 5 heteroatoms. The van der Waals surface area contributed by atoms with Crippen LogP contribution in [0.25, 0.3) is 11.0 Å². The van der Waals surface area contributed by atoms with Gasteiger partial charge in [-0.05, 0) is 18.9 Å². The molecule has 2 aromatic rings. The number of nitrogens with zero attached hydrogens (tertiary/aromatic N) is 3. The molecule has 1 unspecified atom stereocenters. The average molecular weight is 248 g/mol. The Bertz CT molecular complexity index is 535. The number of rotatable bonds is 5. The van der Waals surface area contributed by atoms with Gasteiger partial charge in [-0.15, -0.1) is 0 Å². The summed E-state index contributed by atoms with van der Waals surface area (Å²) < 4.78 is 6.92. The molecule has 2 aromatic heterocycles. The van der Waals surface area contributed by atoms with Crippen LogP contribution in [0.1, 0.15) is 12.6 Å². The van der Waals surface area contributed by atoms with Gasteiger partial charge in [0.05, 0.1) is 24.2 Å². The Kier molecular flexibility index (Phi) is 3.81. The Morgan fingerprint density at radius 1 is 1.50 bits per heavy atom. The van der Waals surface area contributed by atoms with Gasteiger partial charge in [0.2, 0.25) is 0 Å². The Morgan fingerprint density at radius 2 is 2.28 bits per heavy atom. The summed E-state index contributed by atoms with van der Waals surface area (Å²) in [5, 5.41) is 8.84. The van der Waals surface area contributed by atoms with Gasteiger partial charge in [-0.25, -0.2) is 4.98 Å². The van der Waals surface area contributed by atoms with Crippen molar-refractivity contribution in [1.29, 1.82) is 0 Å². The Hall–Kier alpha value is -1.62. The molecular weight excluding hydrogens is 228 g/mol. The quantitative estimate of drug-likeness (QED) is 0.879. The minimum atomic E-state index is 0.473. The van der Waals surface area contributed by atoms with Crippen molar-refractivity contribution >= 4 is 16.7 Å². The summed E-state index contributed by atoms with van der Waals surface area (Å²) in [7, 11) is 3.64. The normalized spacial score (nSPS) is 12.9. The van der Waals surface area contributed by atoms with Crippen LogP contribution in [0.5, 0.6) is 0 Å². The zero-order chi connectivity index (χ0) is 13.1. The number of aromatic nitrogens is 3. The van der Waals surface area contributed by atoms with E-state index in [-0.39, 0.29) is 0 Å². The number of nitrogens with one attached hydrogen (secondary N) is 1. The lowest BCUT2D eigenvalue weighted by Crippen LogP contribution is -2.15. The zero-order valence-electron chi connectivity index (χ0n) is 11.4. The summed E-state index contributed by atoms with van der Waals surface area (Å²) in [6.07, 6.45) is 1.85. The lowest BCUT2D eigenvalue weighted by Gasteiger charge is -2.12. The highest BCUT2D eigenvalue weighted by Gasteiger charge is 2.07. The van der Waals surface area contributed by atoms with Crippen molar-refractivity contribution in [3.05, 3.63) is 18.0 Å². The second kappa shape index (κ2) is 5.35. The van der Waals surface area contributed by atoms with E-state index in [0.29, 0.717) is 5.92 Å². The molecule has 0 bridgehead atoms. The van der Waals surface area contributed by atoms with E-state index in [1.165, 1.54) is 0 Å².